The van der Waals surface area contributed by atoms with Crippen LogP contribution in [0.25, 0.3) is 0 Å². The van der Waals surface area contributed by atoms with Crippen molar-refractivity contribution in [2.75, 3.05) is 26.7 Å². The molecule has 2 rings (SSSR count). The molecule has 0 aliphatic carbocycles. The number of piperidine rings is 1. The second-order valence-corrected chi connectivity index (χ2v) is 6.13. The quantitative estimate of drug-likeness (QED) is 0.878. The van der Waals surface area contributed by atoms with Gasteiger partial charge in [0.15, 0.2) is 0 Å². The van der Waals surface area contributed by atoms with Gasteiger partial charge in [0, 0.05) is 11.1 Å². The predicted octanol–water partition coefficient (Wildman–Crippen LogP) is 4.14. The maximum atomic E-state index is 5.94. The van der Waals surface area contributed by atoms with Crippen LogP contribution >= 0.6 is 24.0 Å². The summed E-state index contributed by atoms with van der Waals surface area (Å²) in [5.74, 6) is 0.904. The second kappa shape index (κ2) is 8.89. The lowest BCUT2D eigenvalue weighted by Crippen LogP contribution is -2.31. The second-order valence-electron chi connectivity index (χ2n) is 5.69. The van der Waals surface area contributed by atoms with E-state index in [2.05, 4.69) is 36.3 Å². The van der Waals surface area contributed by atoms with E-state index in [1.54, 1.807) is 0 Å². The van der Waals surface area contributed by atoms with Crippen LogP contribution in [0.3, 0.4) is 0 Å². The van der Waals surface area contributed by atoms with Crippen molar-refractivity contribution >= 4 is 24.0 Å². The third-order valence-corrected chi connectivity index (χ3v) is 4.61. The zero-order valence-electron chi connectivity index (χ0n) is 12.4. The van der Waals surface area contributed by atoms with Crippen molar-refractivity contribution < 1.29 is 0 Å². The standard InChI is InChI=1S/C16H25ClN2.ClH/c1-13(15-3-5-16(17)6-4-15)19(2)12-9-14-7-10-18-11-8-14;/h3-6,13-14,18H,7-12H2,1-2H3;1H. The molecule has 0 aromatic heterocycles. The molecule has 1 aliphatic rings. The molecule has 1 unspecified atom stereocenters. The molecule has 20 heavy (non-hydrogen) atoms. The van der Waals surface area contributed by atoms with Gasteiger partial charge in [-0.05, 0) is 76.5 Å². The predicted molar refractivity (Wildman–Crippen MR) is 90.0 cm³/mol. The zero-order chi connectivity index (χ0) is 13.7. The van der Waals surface area contributed by atoms with E-state index in [0.29, 0.717) is 6.04 Å². The van der Waals surface area contributed by atoms with E-state index in [1.807, 2.05) is 12.1 Å². The molecule has 1 aliphatic heterocycles. The monoisotopic (exact) mass is 316 g/mol. The van der Waals surface area contributed by atoms with Crippen molar-refractivity contribution in [2.24, 2.45) is 5.92 Å². The van der Waals surface area contributed by atoms with Crippen LogP contribution in [0.15, 0.2) is 24.3 Å². The molecule has 1 N–H and O–H groups in total. The first-order valence-corrected chi connectivity index (χ1v) is 7.71. The van der Waals surface area contributed by atoms with Crippen molar-refractivity contribution in [2.45, 2.75) is 32.2 Å². The van der Waals surface area contributed by atoms with Crippen molar-refractivity contribution in [1.82, 2.24) is 10.2 Å². The highest BCUT2D eigenvalue weighted by atomic mass is 35.5. The highest BCUT2D eigenvalue weighted by Crippen LogP contribution is 2.23. The smallest absolute Gasteiger partial charge is 0.0406 e. The van der Waals surface area contributed by atoms with Crippen LogP contribution in [-0.2, 0) is 0 Å². The van der Waals surface area contributed by atoms with Gasteiger partial charge in [-0.3, -0.25) is 4.90 Å². The molecule has 4 heteroatoms. The van der Waals surface area contributed by atoms with E-state index in [4.69, 9.17) is 11.6 Å². The van der Waals surface area contributed by atoms with Gasteiger partial charge in [-0.15, -0.1) is 12.4 Å². The van der Waals surface area contributed by atoms with E-state index < -0.39 is 0 Å². The van der Waals surface area contributed by atoms with Gasteiger partial charge in [0.1, 0.15) is 0 Å². The lowest BCUT2D eigenvalue weighted by molar-refractivity contribution is 0.226. The Balaban J connectivity index is 0.00000200. The number of hydrogen-bond acceptors (Lipinski definition) is 2. The van der Waals surface area contributed by atoms with Crippen molar-refractivity contribution in [3.05, 3.63) is 34.9 Å². The minimum atomic E-state index is 0. The van der Waals surface area contributed by atoms with E-state index >= 15 is 0 Å². The van der Waals surface area contributed by atoms with E-state index in [-0.39, 0.29) is 12.4 Å². The number of nitrogens with one attached hydrogen (secondary N) is 1. The molecule has 2 nitrogen and oxygen atoms in total. The Kier molecular flexibility index (Phi) is 7.90. The van der Waals surface area contributed by atoms with Gasteiger partial charge in [-0.25, -0.2) is 0 Å². The molecular formula is C16H26Cl2N2. The zero-order valence-corrected chi connectivity index (χ0v) is 14.0. The van der Waals surface area contributed by atoms with Gasteiger partial charge in [0.05, 0.1) is 0 Å². The molecule has 0 radical (unpaired) electrons. The van der Waals surface area contributed by atoms with Gasteiger partial charge >= 0.3 is 0 Å². The Hall–Kier alpha value is -0.280. The fraction of sp³-hybridized carbons (Fsp3) is 0.625. The van der Waals surface area contributed by atoms with Crippen LogP contribution in [0.2, 0.25) is 5.02 Å². The minimum absolute atomic E-state index is 0. The summed E-state index contributed by atoms with van der Waals surface area (Å²) in [4.78, 5) is 2.45. The maximum Gasteiger partial charge on any atom is 0.0406 e. The summed E-state index contributed by atoms with van der Waals surface area (Å²) in [6.45, 7) is 5.84. The van der Waals surface area contributed by atoms with E-state index in [0.717, 1.165) is 10.9 Å². The normalized spacial score (nSPS) is 17.8. The molecular weight excluding hydrogens is 291 g/mol. The SMILES string of the molecule is CC(c1ccc(Cl)cc1)N(C)CCC1CCNCC1.Cl. The van der Waals surface area contributed by atoms with Crippen molar-refractivity contribution in [1.29, 1.82) is 0 Å². The van der Waals surface area contributed by atoms with Gasteiger partial charge < -0.3 is 5.32 Å². The Bertz CT molecular complexity index is 375. The molecule has 1 aromatic rings. The number of benzene rings is 1. The molecule has 0 amide bonds. The number of hydrogen-bond donors (Lipinski definition) is 1. The van der Waals surface area contributed by atoms with E-state index in [9.17, 15) is 0 Å². The van der Waals surface area contributed by atoms with Crippen molar-refractivity contribution in [3.8, 4) is 0 Å². The Morgan fingerprint density at radius 2 is 1.85 bits per heavy atom. The maximum absolute atomic E-state index is 5.94. The topological polar surface area (TPSA) is 15.3 Å². The molecule has 1 atom stereocenters. The summed E-state index contributed by atoms with van der Waals surface area (Å²) in [7, 11) is 2.22. The van der Waals surface area contributed by atoms with E-state index in [1.165, 1.54) is 44.5 Å². The molecule has 0 spiro atoms. The molecule has 1 heterocycles. The fourth-order valence-corrected chi connectivity index (χ4v) is 2.87. The molecule has 0 saturated carbocycles. The summed E-state index contributed by atoms with van der Waals surface area (Å²) in [6, 6.07) is 8.68. The van der Waals surface area contributed by atoms with Crippen LogP contribution in [0.4, 0.5) is 0 Å². The van der Waals surface area contributed by atoms with Crippen LogP contribution in [0.1, 0.15) is 37.8 Å². The first kappa shape index (κ1) is 17.8. The summed E-state index contributed by atoms with van der Waals surface area (Å²) in [5.41, 5.74) is 1.34. The average Bonchev–Trinajstić information content (AvgIpc) is 2.46. The third kappa shape index (κ3) is 5.25. The van der Waals surface area contributed by atoms with Crippen molar-refractivity contribution in [3.63, 3.8) is 0 Å². The number of rotatable bonds is 5. The Morgan fingerprint density at radius 1 is 1.25 bits per heavy atom. The van der Waals surface area contributed by atoms with Gasteiger partial charge in [0.2, 0.25) is 0 Å². The molecule has 1 saturated heterocycles. The first-order valence-electron chi connectivity index (χ1n) is 7.33. The largest absolute Gasteiger partial charge is 0.317 e. The first-order chi connectivity index (χ1) is 9.16. The highest BCUT2D eigenvalue weighted by Gasteiger charge is 2.16. The molecule has 114 valence electrons. The number of halogens is 2. The summed E-state index contributed by atoms with van der Waals surface area (Å²) >= 11 is 5.94. The van der Waals surface area contributed by atoms with Crippen LogP contribution in [0, 0.1) is 5.92 Å². The lowest BCUT2D eigenvalue weighted by atomic mass is 9.94. The Labute approximate surface area is 134 Å². The average molecular weight is 317 g/mol. The third-order valence-electron chi connectivity index (χ3n) is 4.36. The molecule has 0 bridgehead atoms. The highest BCUT2D eigenvalue weighted by molar-refractivity contribution is 6.30. The van der Waals surface area contributed by atoms with Crippen LogP contribution < -0.4 is 5.32 Å². The minimum Gasteiger partial charge on any atom is -0.317 e. The van der Waals surface area contributed by atoms with Crippen LogP contribution in [-0.4, -0.2) is 31.6 Å². The van der Waals surface area contributed by atoms with Gasteiger partial charge in [-0.1, -0.05) is 23.7 Å². The summed E-state index contributed by atoms with van der Waals surface area (Å²) in [5, 5.41) is 4.24. The summed E-state index contributed by atoms with van der Waals surface area (Å²) in [6.07, 6.45) is 3.99. The van der Waals surface area contributed by atoms with Gasteiger partial charge in [0.25, 0.3) is 0 Å². The molecule has 1 fully saturated rings. The molecule has 1 aromatic carbocycles. The summed E-state index contributed by atoms with van der Waals surface area (Å²) < 4.78 is 0. The fourth-order valence-electron chi connectivity index (χ4n) is 2.75. The van der Waals surface area contributed by atoms with Crippen LogP contribution in [0.5, 0.6) is 0 Å². The number of nitrogens with zero attached hydrogens (tertiary/aromatic N) is 1. The van der Waals surface area contributed by atoms with Gasteiger partial charge in [-0.2, -0.15) is 0 Å². The lowest BCUT2D eigenvalue weighted by Gasteiger charge is -2.29. The Morgan fingerprint density at radius 3 is 2.45 bits per heavy atom.